The Balaban J connectivity index is 1.48. The molecular weight excluding hydrogens is 472 g/mol. The average Bonchev–Trinajstić information content (AvgIpc) is 3.22. The summed E-state index contributed by atoms with van der Waals surface area (Å²) in [6.07, 6.45) is -4.07. The number of rotatable bonds is 5. The first-order valence-corrected chi connectivity index (χ1v) is 11.2. The lowest BCUT2D eigenvalue weighted by Crippen LogP contribution is -2.62. The molecule has 2 fully saturated rings. The van der Waals surface area contributed by atoms with Crippen molar-refractivity contribution in [2.24, 2.45) is 10.2 Å². The summed E-state index contributed by atoms with van der Waals surface area (Å²) >= 11 is 0. The molecule has 0 saturated carbocycles. The number of benzene rings is 2. The third-order valence-corrected chi connectivity index (χ3v) is 6.20. The van der Waals surface area contributed by atoms with Gasteiger partial charge in [-0.15, -0.1) is 5.11 Å². The molecule has 2 saturated heterocycles. The normalized spacial score (nSPS) is 24.9. The highest BCUT2D eigenvalue weighted by Gasteiger charge is 2.59. The Morgan fingerprint density at radius 1 is 1.00 bits per heavy atom. The molecule has 11 heteroatoms. The van der Waals surface area contributed by atoms with E-state index in [1.807, 2.05) is 6.07 Å². The third kappa shape index (κ3) is 4.06. The molecule has 4 atom stereocenters. The molecule has 5 rings (SSSR count). The summed E-state index contributed by atoms with van der Waals surface area (Å²) in [4.78, 5) is 24.5. The van der Waals surface area contributed by atoms with E-state index < -0.39 is 42.0 Å². The summed E-state index contributed by atoms with van der Waals surface area (Å²) in [6.45, 7) is 5.23. The number of fused-ring (bicyclic) bond motifs is 2. The van der Waals surface area contributed by atoms with Crippen molar-refractivity contribution >= 4 is 28.5 Å². The van der Waals surface area contributed by atoms with Gasteiger partial charge in [0.05, 0.1) is 16.7 Å². The van der Waals surface area contributed by atoms with Gasteiger partial charge in [0.25, 0.3) is 0 Å². The SMILES string of the molecule is COC1C2OC(=O)OC2C(Oc2ccc3c(O)c(N=Nc4ccccc4)c(=O)oc3c2C)OC1(C)C. The first-order chi connectivity index (χ1) is 17.2. The van der Waals surface area contributed by atoms with Crippen molar-refractivity contribution < 1.29 is 38.0 Å². The van der Waals surface area contributed by atoms with E-state index in [0.29, 0.717) is 17.0 Å². The molecule has 0 radical (unpaired) electrons. The van der Waals surface area contributed by atoms with E-state index in [4.69, 9.17) is 28.1 Å². The standard InChI is InChI=1S/C25H24N2O9/c1-12-15(32-23-20-19(34-24(30)35-20)21(31-4)25(2,3)36-23)11-10-14-17(28)16(22(29)33-18(12)14)27-26-13-8-6-5-7-9-13/h5-11,19-21,23,28H,1-4H3. The second-order valence-electron chi connectivity index (χ2n) is 8.97. The molecule has 1 aromatic heterocycles. The van der Waals surface area contributed by atoms with Crippen LogP contribution in [0.15, 0.2) is 61.9 Å². The molecule has 3 heterocycles. The number of nitrogens with zero attached hydrogens (tertiary/aromatic N) is 2. The number of carbonyl (C=O) groups excluding carboxylic acids is 1. The van der Waals surface area contributed by atoms with E-state index in [1.165, 1.54) is 13.2 Å². The van der Waals surface area contributed by atoms with Crippen LogP contribution in [0.25, 0.3) is 11.0 Å². The van der Waals surface area contributed by atoms with E-state index in [1.54, 1.807) is 51.1 Å². The molecule has 188 valence electrons. The number of carbonyl (C=O) groups is 1. The van der Waals surface area contributed by atoms with Crippen LogP contribution in [0.3, 0.4) is 0 Å². The van der Waals surface area contributed by atoms with Crippen LogP contribution in [-0.2, 0) is 18.9 Å². The van der Waals surface area contributed by atoms with E-state index in [-0.39, 0.29) is 22.4 Å². The number of ether oxygens (including phenoxy) is 5. The van der Waals surface area contributed by atoms with Crippen molar-refractivity contribution in [2.45, 2.75) is 51.0 Å². The molecule has 0 aliphatic carbocycles. The Kier molecular flexibility index (Phi) is 5.89. The fourth-order valence-corrected chi connectivity index (χ4v) is 4.47. The van der Waals surface area contributed by atoms with Gasteiger partial charge >= 0.3 is 11.8 Å². The number of hydrogen-bond acceptors (Lipinski definition) is 11. The Hall–Kier alpha value is -3.96. The van der Waals surface area contributed by atoms with Crippen LogP contribution >= 0.6 is 0 Å². The molecule has 0 amide bonds. The number of aryl methyl sites for hydroxylation is 1. The van der Waals surface area contributed by atoms with Gasteiger partial charge in [-0.1, -0.05) is 18.2 Å². The van der Waals surface area contributed by atoms with E-state index in [9.17, 15) is 14.7 Å². The Morgan fingerprint density at radius 2 is 1.72 bits per heavy atom. The zero-order chi connectivity index (χ0) is 25.6. The number of methoxy groups -OCH3 is 1. The van der Waals surface area contributed by atoms with Gasteiger partial charge in [0.2, 0.25) is 18.1 Å². The summed E-state index contributed by atoms with van der Waals surface area (Å²) in [5.74, 6) is -0.0752. The predicted molar refractivity (Wildman–Crippen MR) is 125 cm³/mol. The van der Waals surface area contributed by atoms with Crippen molar-refractivity contribution in [1.29, 1.82) is 0 Å². The summed E-state index contributed by atoms with van der Waals surface area (Å²) < 4.78 is 33.7. The van der Waals surface area contributed by atoms with Gasteiger partial charge in [-0.25, -0.2) is 9.59 Å². The van der Waals surface area contributed by atoms with Crippen molar-refractivity contribution in [3.05, 3.63) is 58.4 Å². The Morgan fingerprint density at radius 3 is 2.44 bits per heavy atom. The molecule has 4 unspecified atom stereocenters. The van der Waals surface area contributed by atoms with Gasteiger partial charge < -0.3 is 33.2 Å². The Bertz CT molecular complexity index is 1400. The van der Waals surface area contributed by atoms with Crippen LogP contribution in [0.5, 0.6) is 11.5 Å². The second-order valence-corrected chi connectivity index (χ2v) is 8.97. The van der Waals surface area contributed by atoms with Gasteiger partial charge in [-0.3, -0.25) is 0 Å². The highest BCUT2D eigenvalue weighted by Crippen LogP contribution is 2.41. The minimum absolute atomic E-state index is 0.106. The Labute approximate surface area is 205 Å². The molecule has 0 bridgehead atoms. The quantitative estimate of drug-likeness (QED) is 0.304. The third-order valence-electron chi connectivity index (χ3n) is 6.20. The average molecular weight is 496 g/mol. The van der Waals surface area contributed by atoms with Crippen molar-refractivity contribution in [3.63, 3.8) is 0 Å². The van der Waals surface area contributed by atoms with Crippen LogP contribution in [0.2, 0.25) is 0 Å². The molecule has 3 aromatic rings. The molecule has 0 spiro atoms. The highest BCUT2D eigenvalue weighted by molar-refractivity contribution is 5.90. The maximum atomic E-state index is 12.6. The summed E-state index contributed by atoms with van der Waals surface area (Å²) in [7, 11) is 1.50. The summed E-state index contributed by atoms with van der Waals surface area (Å²) in [6, 6.07) is 11.9. The van der Waals surface area contributed by atoms with Crippen LogP contribution in [0.4, 0.5) is 16.2 Å². The maximum absolute atomic E-state index is 12.6. The fraction of sp³-hybridized carbons (Fsp3) is 0.360. The minimum Gasteiger partial charge on any atom is -0.505 e. The molecule has 2 aliphatic heterocycles. The zero-order valence-corrected chi connectivity index (χ0v) is 20.0. The van der Waals surface area contributed by atoms with Crippen LogP contribution in [-0.4, -0.2) is 48.6 Å². The molecule has 36 heavy (non-hydrogen) atoms. The number of aromatic hydroxyl groups is 1. The van der Waals surface area contributed by atoms with Crippen molar-refractivity contribution in [1.82, 2.24) is 0 Å². The van der Waals surface area contributed by atoms with Gasteiger partial charge in [-0.2, -0.15) is 5.11 Å². The predicted octanol–water partition coefficient (Wildman–Crippen LogP) is 4.66. The topological polar surface area (TPSA) is 138 Å². The molecule has 2 aromatic carbocycles. The zero-order valence-electron chi connectivity index (χ0n) is 20.0. The van der Waals surface area contributed by atoms with E-state index in [0.717, 1.165) is 0 Å². The lowest BCUT2D eigenvalue weighted by Gasteiger charge is -2.45. The van der Waals surface area contributed by atoms with Crippen molar-refractivity contribution in [3.8, 4) is 11.5 Å². The van der Waals surface area contributed by atoms with Crippen LogP contribution in [0.1, 0.15) is 19.4 Å². The molecule has 2 aliphatic rings. The summed E-state index contributed by atoms with van der Waals surface area (Å²) in [5, 5.41) is 18.9. The second kappa shape index (κ2) is 8.92. The number of azo groups is 1. The lowest BCUT2D eigenvalue weighted by atomic mass is 9.89. The molecule has 1 N–H and O–H groups in total. The maximum Gasteiger partial charge on any atom is 0.509 e. The molecular formula is C25H24N2O9. The van der Waals surface area contributed by atoms with E-state index >= 15 is 0 Å². The van der Waals surface area contributed by atoms with Gasteiger partial charge in [0.15, 0.2) is 11.9 Å². The fourth-order valence-electron chi connectivity index (χ4n) is 4.47. The van der Waals surface area contributed by atoms with E-state index in [2.05, 4.69) is 10.2 Å². The highest BCUT2D eigenvalue weighted by atomic mass is 16.8. The minimum atomic E-state index is -1.03. The number of hydrogen-bond donors (Lipinski definition) is 1. The first kappa shape index (κ1) is 23.8. The smallest absolute Gasteiger partial charge is 0.505 e. The summed E-state index contributed by atoms with van der Waals surface area (Å²) in [5.41, 5.74) is -1.02. The largest absolute Gasteiger partial charge is 0.509 e. The molecule has 11 nitrogen and oxygen atoms in total. The van der Waals surface area contributed by atoms with Gasteiger partial charge in [0, 0.05) is 12.7 Å². The van der Waals surface area contributed by atoms with Gasteiger partial charge in [-0.05, 0) is 45.0 Å². The van der Waals surface area contributed by atoms with Crippen molar-refractivity contribution in [2.75, 3.05) is 7.11 Å². The lowest BCUT2D eigenvalue weighted by molar-refractivity contribution is -0.282. The van der Waals surface area contributed by atoms with Crippen LogP contribution < -0.4 is 10.4 Å². The monoisotopic (exact) mass is 496 g/mol. The van der Waals surface area contributed by atoms with Crippen LogP contribution in [0, 0.1) is 6.92 Å². The van der Waals surface area contributed by atoms with Gasteiger partial charge in [0.1, 0.15) is 17.4 Å². The first-order valence-electron chi connectivity index (χ1n) is 11.2.